The van der Waals surface area contributed by atoms with Crippen molar-refractivity contribution in [3.8, 4) is 0 Å². The summed E-state index contributed by atoms with van der Waals surface area (Å²) in [7, 11) is 2.17. The Hall–Kier alpha value is -0.120. The number of hydrogen-bond acceptors (Lipinski definition) is 4. The molecule has 0 spiro atoms. The van der Waals surface area contributed by atoms with Gasteiger partial charge in [-0.25, -0.2) is 0 Å². The standard InChI is InChI=1S/C21H42N4O2.HI/c1-5-22-21(24(4)9-6-19-7-12-26-13-8-19)23-17-20(16-18(2)3)25-10-14-27-15-11-25;/h18-20H,5-17H2,1-4H3,(H,22,23);1H. The van der Waals surface area contributed by atoms with Crippen LogP contribution in [0, 0.1) is 11.8 Å². The Kier molecular flexibility index (Phi) is 13.7. The molecule has 0 aromatic carbocycles. The van der Waals surface area contributed by atoms with Gasteiger partial charge >= 0.3 is 0 Å². The summed E-state index contributed by atoms with van der Waals surface area (Å²) in [6.07, 6.45) is 4.82. The minimum Gasteiger partial charge on any atom is -0.381 e. The molecule has 6 nitrogen and oxygen atoms in total. The number of aliphatic imine (C=N–C) groups is 1. The van der Waals surface area contributed by atoms with Crippen LogP contribution in [-0.4, -0.2) is 88.0 Å². The van der Waals surface area contributed by atoms with E-state index in [1.165, 1.54) is 25.7 Å². The fraction of sp³-hybridized carbons (Fsp3) is 0.952. The molecule has 2 aliphatic rings. The molecule has 2 saturated heterocycles. The van der Waals surface area contributed by atoms with Crippen LogP contribution in [0.5, 0.6) is 0 Å². The molecule has 0 bridgehead atoms. The predicted octanol–water partition coefficient (Wildman–Crippen LogP) is 3.07. The van der Waals surface area contributed by atoms with E-state index in [4.69, 9.17) is 14.5 Å². The summed E-state index contributed by atoms with van der Waals surface area (Å²) in [5.74, 6) is 2.53. The molecule has 0 aromatic heterocycles. The summed E-state index contributed by atoms with van der Waals surface area (Å²) >= 11 is 0. The summed E-state index contributed by atoms with van der Waals surface area (Å²) in [5.41, 5.74) is 0. The molecular weight excluding hydrogens is 467 g/mol. The Morgan fingerprint density at radius 3 is 2.39 bits per heavy atom. The first-order valence-electron chi connectivity index (χ1n) is 11.0. The van der Waals surface area contributed by atoms with Crippen molar-refractivity contribution in [2.45, 2.75) is 52.5 Å². The molecule has 166 valence electrons. The SMILES string of the molecule is CCNC(=NCC(CC(C)C)N1CCOCC1)N(C)CCC1CCOCC1.I. The van der Waals surface area contributed by atoms with Crippen LogP contribution in [0.25, 0.3) is 0 Å². The second kappa shape index (κ2) is 14.8. The molecule has 2 aliphatic heterocycles. The third-order valence-corrected chi connectivity index (χ3v) is 5.67. The maximum Gasteiger partial charge on any atom is 0.193 e. The highest BCUT2D eigenvalue weighted by molar-refractivity contribution is 14.0. The Bertz CT molecular complexity index is 425. The minimum absolute atomic E-state index is 0. The zero-order valence-corrected chi connectivity index (χ0v) is 20.8. The monoisotopic (exact) mass is 510 g/mol. The molecule has 0 amide bonds. The van der Waals surface area contributed by atoms with Gasteiger partial charge in [0.05, 0.1) is 19.8 Å². The van der Waals surface area contributed by atoms with Crippen LogP contribution in [0.3, 0.4) is 0 Å². The molecule has 1 unspecified atom stereocenters. The van der Waals surface area contributed by atoms with Crippen LogP contribution in [0.15, 0.2) is 4.99 Å². The maximum absolute atomic E-state index is 5.54. The number of nitrogens with one attached hydrogen (secondary N) is 1. The second-order valence-electron chi connectivity index (χ2n) is 8.39. The first-order chi connectivity index (χ1) is 13.1. The van der Waals surface area contributed by atoms with E-state index in [1.807, 2.05) is 0 Å². The van der Waals surface area contributed by atoms with Crippen LogP contribution < -0.4 is 5.32 Å². The van der Waals surface area contributed by atoms with E-state index in [2.05, 4.69) is 42.9 Å². The van der Waals surface area contributed by atoms with E-state index in [0.717, 1.165) is 71.0 Å². The fourth-order valence-electron chi connectivity index (χ4n) is 4.00. The lowest BCUT2D eigenvalue weighted by Crippen LogP contribution is -2.46. The predicted molar refractivity (Wildman–Crippen MR) is 128 cm³/mol. The minimum atomic E-state index is 0. The smallest absolute Gasteiger partial charge is 0.193 e. The van der Waals surface area contributed by atoms with E-state index in [1.54, 1.807) is 0 Å². The van der Waals surface area contributed by atoms with Gasteiger partial charge in [-0.2, -0.15) is 0 Å². The largest absolute Gasteiger partial charge is 0.381 e. The lowest BCUT2D eigenvalue weighted by atomic mass is 9.96. The van der Waals surface area contributed by atoms with Crippen LogP contribution in [0.1, 0.15) is 46.5 Å². The number of guanidine groups is 1. The Balaban J connectivity index is 0.00000392. The van der Waals surface area contributed by atoms with Gasteiger partial charge in [0.2, 0.25) is 0 Å². The zero-order valence-electron chi connectivity index (χ0n) is 18.5. The molecule has 7 heteroatoms. The lowest BCUT2D eigenvalue weighted by Gasteiger charge is -2.35. The first-order valence-corrected chi connectivity index (χ1v) is 11.0. The fourth-order valence-corrected chi connectivity index (χ4v) is 4.00. The van der Waals surface area contributed by atoms with Crippen molar-refractivity contribution in [2.24, 2.45) is 16.8 Å². The normalized spacial score (nSPS) is 20.7. The first kappa shape index (κ1) is 25.9. The highest BCUT2D eigenvalue weighted by Crippen LogP contribution is 2.18. The quantitative estimate of drug-likeness (QED) is 0.294. The Morgan fingerprint density at radius 1 is 1.14 bits per heavy atom. The van der Waals surface area contributed by atoms with E-state index < -0.39 is 0 Å². The topological polar surface area (TPSA) is 49.3 Å². The average Bonchev–Trinajstić information content (AvgIpc) is 2.69. The molecule has 2 heterocycles. The lowest BCUT2D eigenvalue weighted by molar-refractivity contribution is 0.0142. The van der Waals surface area contributed by atoms with Crippen LogP contribution >= 0.6 is 24.0 Å². The van der Waals surface area contributed by atoms with Gasteiger partial charge < -0.3 is 19.7 Å². The van der Waals surface area contributed by atoms with Crippen LogP contribution in [0.2, 0.25) is 0 Å². The Morgan fingerprint density at radius 2 is 1.79 bits per heavy atom. The van der Waals surface area contributed by atoms with E-state index in [9.17, 15) is 0 Å². The van der Waals surface area contributed by atoms with Gasteiger partial charge in [-0.15, -0.1) is 24.0 Å². The molecular formula is C21H43IN4O2. The van der Waals surface area contributed by atoms with Crippen molar-refractivity contribution in [1.29, 1.82) is 0 Å². The van der Waals surface area contributed by atoms with Gasteiger partial charge in [-0.3, -0.25) is 9.89 Å². The van der Waals surface area contributed by atoms with Gasteiger partial charge in [0.15, 0.2) is 5.96 Å². The molecule has 0 aromatic rings. The number of nitrogens with zero attached hydrogens (tertiary/aromatic N) is 3. The highest BCUT2D eigenvalue weighted by Gasteiger charge is 2.22. The number of hydrogen-bond donors (Lipinski definition) is 1. The maximum atomic E-state index is 5.54. The third kappa shape index (κ3) is 9.59. The second-order valence-corrected chi connectivity index (χ2v) is 8.39. The van der Waals surface area contributed by atoms with Crippen molar-refractivity contribution < 1.29 is 9.47 Å². The van der Waals surface area contributed by atoms with E-state index >= 15 is 0 Å². The molecule has 2 fully saturated rings. The van der Waals surface area contributed by atoms with Gasteiger partial charge in [0, 0.05) is 52.5 Å². The molecule has 28 heavy (non-hydrogen) atoms. The van der Waals surface area contributed by atoms with Gasteiger partial charge in [0.25, 0.3) is 0 Å². The van der Waals surface area contributed by atoms with Crippen LogP contribution in [-0.2, 0) is 9.47 Å². The van der Waals surface area contributed by atoms with Gasteiger partial charge in [-0.1, -0.05) is 13.8 Å². The number of rotatable bonds is 9. The van der Waals surface area contributed by atoms with Gasteiger partial charge in [0.1, 0.15) is 0 Å². The van der Waals surface area contributed by atoms with Crippen molar-refractivity contribution in [3.05, 3.63) is 0 Å². The summed E-state index contributed by atoms with van der Waals surface area (Å²) in [5, 5.41) is 3.49. The summed E-state index contributed by atoms with van der Waals surface area (Å²) in [6, 6.07) is 0.506. The molecule has 1 atom stereocenters. The van der Waals surface area contributed by atoms with Crippen LogP contribution in [0.4, 0.5) is 0 Å². The van der Waals surface area contributed by atoms with Gasteiger partial charge in [-0.05, 0) is 44.4 Å². The Labute approximate surface area is 189 Å². The van der Waals surface area contributed by atoms with E-state index in [0.29, 0.717) is 12.0 Å². The number of ether oxygens (including phenoxy) is 2. The molecule has 2 rings (SSSR count). The van der Waals surface area contributed by atoms with Crippen molar-refractivity contribution >= 4 is 29.9 Å². The number of morpholine rings is 1. The average molecular weight is 511 g/mol. The highest BCUT2D eigenvalue weighted by atomic mass is 127. The van der Waals surface area contributed by atoms with E-state index in [-0.39, 0.29) is 24.0 Å². The summed E-state index contributed by atoms with van der Waals surface area (Å²) in [4.78, 5) is 9.91. The molecule has 1 N–H and O–H groups in total. The molecule has 0 radical (unpaired) electrons. The summed E-state index contributed by atoms with van der Waals surface area (Å²) in [6.45, 7) is 15.2. The third-order valence-electron chi connectivity index (χ3n) is 5.67. The number of halogens is 1. The zero-order chi connectivity index (χ0) is 19.5. The molecule has 0 saturated carbocycles. The molecule has 0 aliphatic carbocycles. The van der Waals surface area contributed by atoms with Crippen molar-refractivity contribution in [2.75, 3.05) is 66.2 Å². The van der Waals surface area contributed by atoms with Crippen molar-refractivity contribution in [3.63, 3.8) is 0 Å². The summed E-state index contributed by atoms with van der Waals surface area (Å²) < 4.78 is 11.0. The van der Waals surface area contributed by atoms with Crippen molar-refractivity contribution in [1.82, 2.24) is 15.1 Å².